The molecule has 8 aromatic rings. The Bertz CT molecular complexity index is 2120. The van der Waals surface area contributed by atoms with Gasteiger partial charge >= 0.3 is 0 Å². The summed E-state index contributed by atoms with van der Waals surface area (Å²) in [6, 6.07) is 49.1. The van der Waals surface area contributed by atoms with E-state index in [9.17, 15) is 0 Å². The van der Waals surface area contributed by atoms with Crippen LogP contribution in [0.2, 0.25) is 0 Å². The largest absolute Gasteiger partial charge is 0.292 e. The van der Waals surface area contributed by atoms with E-state index < -0.39 is 0 Å². The minimum Gasteiger partial charge on any atom is -0.292 e. The first-order chi connectivity index (χ1) is 20.4. The molecule has 8 rings (SSSR count). The lowest BCUT2D eigenvalue weighted by atomic mass is 9.86. The van der Waals surface area contributed by atoms with Crippen LogP contribution < -0.4 is 0 Å². The van der Waals surface area contributed by atoms with Gasteiger partial charge in [-0.25, -0.2) is 4.98 Å². The first-order valence-electron chi connectivity index (χ1n) is 13.8. The second-order valence-corrected chi connectivity index (χ2v) is 10.3. The number of imidazole rings is 1. The number of rotatable bonds is 4. The lowest BCUT2D eigenvalue weighted by Gasteiger charge is -2.17. The zero-order valence-corrected chi connectivity index (χ0v) is 22.3. The van der Waals surface area contributed by atoms with Crippen molar-refractivity contribution in [3.05, 3.63) is 152 Å². The molecule has 3 heteroatoms. The predicted molar refractivity (Wildman–Crippen MR) is 170 cm³/mol. The highest BCUT2D eigenvalue weighted by Gasteiger charge is 2.18. The summed E-state index contributed by atoms with van der Waals surface area (Å²) in [6.45, 7) is 0. The van der Waals surface area contributed by atoms with Crippen LogP contribution in [0.4, 0.5) is 0 Å². The summed E-state index contributed by atoms with van der Waals surface area (Å²) in [5.41, 5.74) is 9.06. The maximum Gasteiger partial charge on any atom is 0.145 e. The van der Waals surface area contributed by atoms with Gasteiger partial charge < -0.3 is 0 Å². The third-order valence-corrected chi connectivity index (χ3v) is 7.89. The first-order valence-corrected chi connectivity index (χ1v) is 13.8. The molecule has 0 bridgehead atoms. The van der Waals surface area contributed by atoms with Gasteiger partial charge in [0.25, 0.3) is 0 Å². The fraction of sp³-hybridized carbons (Fsp3) is 0. The quantitative estimate of drug-likeness (QED) is 0.215. The number of fused-ring (bicyclic) bond motifs is 3. The van der Waals surface area contributed by atoms with Gasteiger partial charge in [-0.15, -0.1) is 0 Å². The molecule has 3 nitrogen and oxygen atoms in total. The van der Waals surface area contributed by atoms with E-state index in [0.29, 0.717) is 0 Å². The zero-order valence-electron chi connectivity index (χ0n) is 22.3. The van der Waals surface area contributed by atoms with Gasteiger partial charge in [0.05, 0.1) is 11.0 Å². The molecule has 0 aliphatic carbocycles. The minimum absolute atomic E-state index is 0.930. The molecule has 0 radical (unpaired) electrons. The topological polar surface area (TPSA) is 30.7 Å². The molecule has 0 N–H and O–H groups in total. The van der Waals surface area contributed by atoms with Crippen molar-refractivity contribution in [3.63, 3.8) is 0 Å². The lowest BCUT2D eigenvalue weighted by Crippen LogP contribution is -1.97. The fourth-order valence-corrected chi connectivity index (χ4v) is 6.09. The smallest absolute Gasteiger partial charge is 0.145 e. The number of hydrogen-bond acceptors (Lipinski definition) is 2. The summed E-state index contributed by atoms with van der Waals surface area (Å²) in [5, 5.41) is 4.81. The van der Waals surface area contributed by atoms with Crippen molar-refractivity contribution in [2.45, 2.75) is 0 Å². The van der Waals surface area contributed by atoms with E-state index in [-0.39, 0.29) is 0 Å². The van der Waals surface area contributed by atoms with Gasteiger partial charge in [-0.2, -0.15) is 0 Å². The van der Waals surface area contributed by atoms with E-state index in [4.69, 9.17) is 4.98 Å². The third-order valence-electron chi connectivity index (χ3n) is 7.89. The molecular formula is C38H25N3. The van der Waals surface area contributed by atoms with Crippen LogP contribution in [0.3, 0.4) is 0 Å². The Kier molecular flexibility index (Phi) is 5.46. The molecule has 2 aromatic heterocycles. The second-order valence-electron chi connectivity index (χ2n) is 10.3. The Morgan fingerprint density at radius 3 is 1.76 bits per heavy atom. The zero-order chi connectivity index (χ0) is 27.2. The van der Waals surface area contributed by atoms with Crippen molar-refractivity contribution in [3.8, 4) is 39.3 Å². The Morgan fingerprint density at radius 2 is 1.00 bits per heavy atom. The van der Waals surface area contributed by atoms with E-state index in [1.54, 1.807) is 0 Å². The van der Waals surface area contributed by atoms with Crippen LogP contribution in [-0.4, -0.2) is 14.5 Å². The van der Waals surface area contributed by atoms with E-state index in [1.165, 1.54) is 32.8 Å². The van der Waals surface area contributed by atoms with Crippen molar-refractivity contribution < 1.29 is 0 Å². The van der Waals surface area contributed by atoms with Crippen LogP contribution >= 0.6 is 0 Å². The predicted octanol–water partition coefficient (Wildman–Crippen LogP) is 9.73. The Morgan fingerprint density at radius 1 is 0.439 bits per heavy atom. The lowest BCUT2D eigenvalue weighted by molar-refractivity contribution is 1.10. The van der Waals surface area contributed by atoms with Gasteiger partial charge in [0.1, 0.15) is 5.82 Å². The number of pyridine rings is 1. The molecule has 2 heterocycles. The number of nitrogens with zero attached hydrogens (tertiary/aromatic N) is 3. The molecule has 0 amide bonds. The van der Waals surface area contributed by atoms with Crippen LogP contribution in [0.5, 0.6) is 0 Å². The molecule has 41 heavy (non-hydrogen) atoms. The first kappa shape index (κ1) is 23.4. The second kappa shape index (κ2) is 9.58. The average molecular weight is 524 g/mol. The maximum atomic E-state index is 5.06. The highest BCUT2D eigenvalue weighted by atomic mass is 15.1. The summed E-state index contributed by atoms with van der Waals surface area (Å²) in [7, 11) is 0. The molecular weight excluding hydrogens is 498 g/mol. The fourth-order valence-electron chi connectivity index (χ4n) is 6.09. The van der Waals surface area contributed by atoms with Gasteiger partial charge in [-0.05, 0) is 68.7 Å². The van der Waals surface area contributed by atoms with E-state index >= 15 is 0 Å². The highest BCUT2D eigenvalue weighted by molar-refractivity contribution is 6.21. The molecule has 192 valence electrons. The Hall–Kier alpha value is -5.54. The number of aromatic nitrogens is 3. The van der Waals surface area contributed by atoms with E-state index in [1.807, 2.05) is 24.5 Å². The number of para-hydroxylation sites is 3. The molecule has 0 spiro atoms. The van der Waals surface area contributed by atoms with Crippen LogP contribution in [0.25, 0.3) is 71.9 Å². The standard InChI is InChI=1S/C38H25N3/c1-3-11-26(12-4-1)36-30-15-7-8-16-31(30)37(33-25-39-24-23-32(33)36)27-19-21-28(22-20-27)38-40-34-17-9-10-18-35(34)41(38)29-13-5-2-6-14-29/h1-25H. The molecule has 6 aromatic carbocycles. The van der Waals surface area contributed by atoms with E-state index in [0.717, 1.165) is 39.1 Å². The molecule has 0 fully saturated rings. The minimum atomic E-state index is 0.930. The molecule has 0 atom stereocenters. The Balaban J connectivity index is 1.34. The van der Waals surface area contributed by atoms with Crippen molar-refractivity contribution in [2.75, 3.05) is 0 Å². The van der Waals surface area contributed by atoms with Gasteiger partial charge in [-0.1, -0.05) is 109 Å². The van der Waals surface area contributed by atoms with Crippen molar-refractivity contribution in [2.24, 2.45) is 0 Å². The van der Waals surface area contributed by atoms with Gasteiger partial charge in [0.15, 0.2) is 0 Å². The van der Waals surface area contributed by atoms with Crippen molar-refractivity contribution in [1.82, 2.24) is 14.5 Å². The van der Waals surface area contributed by atoms with Gasteiger partial charge in [0, 0.05) is 29.0 Å². The molecule has 0 aliphatic heterocycles. The van der Waals surface area contributed by atoms with Crippen LogP contribution in [-0.2, 0) is 0 Å². The average Bonchev–Trinajstić information content (AvgIpc) is 3.44. The van der Waals surface area contributed by atoms with Crippen LogP contribution in [0.15, 0.2) is 152 Å². The molecule has 0 saturated heterocycles. The monoisotopic (exact) mass is 523 g/mol. The highest BCUT2D eigenvalue weighted by Crippen LogP contribution is 2.43. The summed E-state index contributed by atoms with van der Waals surface area (Å²) < 4.78 is 2.24. The number of hydrogen-bond donors (Lipinski definition) is 0. The summed E-state index contributed by atoms with van der Waals surface area (Å²) in [4.78, 5) is 9.62. The van der Waals surface area contributed by atoms with Gasteiger partial charge in [0.2, 0.25) is 0 Å². The van der Waals surface area contributed by atoms with Crippen molar-refractivity contribution >= 4 is 32.6 Å². The third kappa shape index (κ3) is 3.82. The SMILES string of the molecule is c1ccc(-c2c3ccccc3c(-c3ccc(-c4nc5ccccc5n4-c4ccccc4)cc3)c3cnccc23)cc1. The Labute approximate surface area is 238 Å². The number of benzene rings is 6. The van der Waals surface area contributed by atoms with Crippen LogP contribution in [0.1, 0.15) is 0 Å². The molecule has 0 unspecified atom stereocenters. The molecule has 0 saturated carbocycles. The summed E-state index contributed by atoms with van der Waals surface area (Å²) in [6.07, 6.45) is 3.90. The molecule has 0 aliphatic rings. The van der Waals surface area contributed by atoms with E-state index in [2.05, 4.69) is 137 Å². The van der Waals surface area contributed by atoms with Crippen LogP contribution in [0, 0.1) is 0 Å². The maximum absolute atomic E-state index is 5.06. The van der Waals surface area contributed by atoms with Crippen molar-refractivity contribution in [1.29, 1.82) is 0 Å². The summed E-state index contributed by atoms with van der Waals surface area (Å²) in [5.74, 6) is 0.930. The normalized spacial score (nSPS) is 11.4. The van der Waals surface area contributed by atoms with Gasteiger partial charge in [-0.3, -0.25) is 9.55 Å². The summed E-state index contributed by atoms with van der Waals surface area (Å²) >= 11 is 0.